The zero-order valence-corrected chi connectivity index (χ0v) is 17.8. The van der Waals surface area contributed by atoms with Crippen molar-refractivity contribution in [2.75, 3.05) is 59.2 Å². The number of hydrogen-bond acceptors (Lipinski definition) is 6. The third kappa shape index (κ3) is 6.23. The van der Waals surface area contributed by atoms with Crippen LogP contribution in [0.3, 0.4) is 0 Å². The Hall–Kier alpha value is -1.52. The highest BCUT2D eigenvalue weighted by Crippen LogP contribution is 2.18. The summed E-state index contributed by atoms with van der Waals surface area (Å²) in [5.41, 5.74) is 0.947. The summed E-state index contributed by atoms with van der Waals surface area (Å²) in [6, 6.07) is 7.11. The molecule has 3 rings (SSSR count). The summed E-state index contributed by atoms with van der Waals surface area (Å²) in [7, 11) is -3.48. The number of hydrogen-bond donors (Lipinski definition) is 1. The van der Waals surface area contributed by atoms with E-state index in [0.717, 1.165) is 31.9 Å². The van der Waals surface area contributed by atoms with Crippen molar-refractivity contribution in [3.63, 3.8) is 0 Å². The number of carbonyl (C=O) groups excluding carboxylic acids is 1. The highest BCUT2D eigenvalue weighted by Gasteiger charge is 2.26. The summed E-state index contributed by atoms with van der Waals surface area (Å²) in [5, 5.41) is 2.99. The molecule has 29 heavy (non-hydrogen) atoms. The molecule has 2 fully saturated rings. The third-order valence-electron chi connectivity index (χ3n) is 5.44. The first-order chi connectivity index (χ1) is 14.0. The SMILES string of the molecule is CC(CNC(=O)CCc1ccc(S(=O)(=O)N2CCOCC2)cc1)N1CCOCC1. The quantitative estimate of drug-likeness (QED) is 0.652. The van der Waals surface area contributed by atoms with Crippen LogP contribution in [0, 0.1) is 0 Å². The molecule has 2 heterocycles. The lowest BCUT2D eigenvalue weighted by Crippen LogP contribution is -2.47. The number of sulfonamides is 1. The van der Waals surface area contributed by atoms with E-state index in [0.29, 0.717) is 45.7 Å². The summed E-state index contributed by atoms with van der Waals surface area (Å²) < 4.78 is 37.3. The lowest BCUT2D eigenvalue weighted by molar-refractivity contribution is -0.121. The van der Waals surface area contributed by atoms with Gasteiger partial charge in [-0.05, 0) is 31.0 Å². The first-order valence-electron chi connectivity index (χ1n) is 10.2. The molecule has 0 aromatic heterocycles. The molecule has 9 heteroatoms. The van der Waals surface area contributed by atoms with Gasteiger partial charge in [-0.15, -0.1) is 0 Å². The van der Waals surface area contributed by atoms with Crippen molar-refractivity contribution >= 4 is 15.9 Å². The Morgan fingerprint density at radius 3 is 2.24 bits per heavy atom. The molecule has 0 saturated carbocycles. The van der Waals surface area contributed by atoms with E-state index in [2.05, 4.69) is 17.1 Å². The van der Waals surface area contributed by atoms with Crippen molar-refractivity contribution in [1.82, 2.24) is 14.5 Å². The van der Waals surface area contributed by atoms with Gasteiger partial charge < -0.3 is 14.8 Å². The maximum Gasteiger partial charge on any atom is 0.243 e. The van der Waals surface area contributed by atoms with E-state index in [4.69, 9.17) is 9.47 Å². The molecule has 1 aromatic rings. The number of nitrogens with zero attached hydrogens (tertiary/aromatic N) is 2. The Kier molecular flexibility index (Phi) is 8.02. The monoisotopic (exact) mass is 425 g/mol. The highest BCUT2D eigenvalue weighted by molar-refractivity contribution is 7.89. The van der Waals surface area contributed by atoms with E-state index in [1.807, 2.05) is 0 Å². The number of benzene rings is 1. The van der Waals surface area contributed by atoms with Crippen molar-refractivity contribution in [1.29, 1.82) is 0 Å². The number of nitrogens with one attached hydrogen (secondary N) is 1. The van der Waals surface area contributed by atoms with Gasteiger partial charge in [0.2, 0.25) is 15.9 Å². The van der Waals surface area contributed by atoms with Gasteiger partial charge in [-0.2, -0.15) is 4.31 Å². The highest BCUT2D eigenvalue weighted by atomic mass is 32.2. The fourth-order valence-corrected chi connectivity index (χ4v) is 4.93. The molecule has 1 aromatic carbocycles. The van der Waals surface area contributed by atoms with Crippen LogP contribution in [0.5, 0.6) is 0 Å². The molecule has 1 amide bonds. The van der Waals surface area contributed by atoms with E-state index in [1.165, 1.54) is 4.31 Å². The predicted molar refractivity (Wildman–Crippen MR) is 109 cm³/mol. The van der Waals surface area contributed by atoms with E-state index in [9.17, 15) is 13.2 Å². The Balaban J connectivity index is 1.44. The second-order valence-electron chi connectivity index (χ2n) is 7.46. The molecular weight excluding hydrogens is 394 g/mol. The van der Waals surface area contributed by atoms with Gasteiger partial charge >= 0.3 is 0 Å². The molecule has 1 atom stereocenters. The van der Waals surface area contributed by atoms with E-state index < -0.39 is 10.0 Å². The molecule has 2 saturated heterocycles. The molecule has 1 unspecified atom stereocenters. The fourth-order valence-electron chi connectivity index (χ4n) is 3.52. The molecule has 2 aliphatic rings. The lowest BCUT2D eigenvalue weighted by Gasteiger charge is -2.32. The van der Waals surface area contributed by atoms with Crippen molar-refractivity contribution in [2.24, 2.45) is 0 Å². The number of aryl methyl sites for hydroxylation is 1. The number of rotatable bonds is 8. The molecule has 0 radical (unpaired) electrons. The lowest BCUT2D eigenvalue weighted by atomic mass is 10.1. The van der Waals surface area contributed by atoms with Crippen molar-refractivity contribution in [3.8, 4) is 0 Å². The maximum absolute atomic E-state index is 12.6. The van der Waals surface area contributed by atoms with Crippen molar-refractivity contribution in [2.45, 2.75) is 30.7 Å². The van der Waals surface area contributed by atoms with Crippen LogP contribution in [0.1, 0.15) is 18.9 Å². The molecular formula is C20H31N3O5S. The van der Waals surface area contributed by atoms with Gasteiger partial charge in [0.1, 0.15) is 0 Å². The van der Waals surface area contributed by atoms with Crippen LogP contribution in [-0.4, -0.2) is 88.7 Å². The Labute approximate surface area is 173 Å². The van der Waals surface area contributed by atoms with Crippen LogP contribution in [-0.2, 0) is 30.7 Å². The Bertz CT molecular complexity index is 757. The Morgan fingerprint density at radius 1 is 1.03 bits per heavy atom. The van der Waals surface area contributed by atoms with Crippen LogP contribution in [0.2, 0.25) is 0 Å². The second-order valence-corrected chi connectivity index (χ2v) is 9.40. The summed E-state index contributed by atoms with van der Waals surface area (Å²) in [5.74, 6) is 0.00937. The van der Waals surface area contributed by atoms with Crippen LogP contribution in [0.15, 0.2) is 29.2 Å². The summed E-state index contributed by atoms with van der Waals surface area (Å²) in [6.45, 7) is 7.64. The molecule has 8 nitrogen and oxygen atoms in total. The van der Waals surface area contributed by atoms with Gasteiger partial charge in [0.25, 0.3) is 0 Å². The van der Waals surface area contributed by atoms with Crippen LogP contribution >= 0.6 is 0 Å². The number of carbonyl (C=O) groups is 1. The summed E-state index contributed by atoms with van der Waals surface area (Å²) in [4.78, 5) is 14.8. The van der Waals surface area contributed by atoms with Crippen LogP contribution in [0.4, 0.5) is 0 Å². The Morgan fingerprint density at radius 2 is 1.62 bits per heavy atom. The average molecular weight is 426 g/mol. The molecule has 162 valence electrons. The minimum Gasteiger partial charge on any atom is -0.379 e. The summed E-state index contributed by atoms with van der Waals surface area (Å²) in [6.07, 6.45) is 0.959. The molecule has 2 aliphatic heterocycles. The molecule has 1 N–H and O–H groups in total. The van der Waals surface area contributed by atoms with E-state index >= 15 is 0 Å². The smallest absolute Gasteiger partial charge is 0.243 e. The molecule has 0 bridgehead atoms. The number of morpholine rings is 2. The van der Waals surface area contributed by atoms with Gasteiger partial charge in [0, 0.05) is 45.2 Å². The van der Waals surface area contributed by atoms with Gasteiger partial charge in [-0.3, -0.25) is 9.69 Å². The van der Waals surface area contributed by atoms with Crippen molar-refractivity contribution in [3.05, 3.63) is 29.8 Å². The standard InChI is InChI=1S/C20H31N3O5S/c1-17(22-8-12-27-13-9-22)16-21-20(24)7-4-18-2-5-19(6-3-18)29(25,26)23-10-14-28-15-11-23/h2-3,5-6,17H,4,7-16H2,1H3,(H,21,24). The minimum absolute atomic E-state index is 0.00937. The zero-order valence-electron chi connectivity index (χ0n) is 17.0. The van der Waals surface area contributed by atoms with Crippen LogP contribution in [0.25, 0.3) is 0 Å². The third-order valence-corrected chi connectivity index (χ3v) is 7.35. The molecule has 0 spiro atoms. The average Bonchev–Trinajstić information content (AvgIpc) is 2.77. The van der Waals surface area contributed by atoms with Crippen molar-refractivity contribution < 1.29 is 22.7 Å². The number of amides is 1. The topological polar surface area (TPSA) is 88.2 Å². The zero-order chi connectivity index (χ0) is 20.7. The van der Waals surface area contributed by atoms with E-state index in [-0.39, 0.29) is 16.8 Å². The van der Waals surface area contributed by atoms with Gasteiger partial charge in [-0.25, -0.2) is 8.42 Å². The normalized spacial score (nSPS) is 20.3. The number of ether oxygens (including phenoxy) is 2. The van der Waals surface area contributed by atoms with Gasteiger partial charge in [-0.1, -0.05) is 12.1 Å². The summed E-state index contributed by atoms with van der Waals surface area (Å²) >= 11 is 0. The van der Waals surface area contributed by atoms with Crippen LogP contribution < -0.4 is 5.32 Å². The maximum atomic E-state index is 12.6. The van der Waals surface area contributed by atoms with Gasteiger partial charge in [0.05, 0.1) is 31.3 Å². The largest absolute Gasteiger partial charge is 0.379 e. The first kappa shape index (κ1) is 22.2. The first-order valence-corrected chi connectivity index (χ1v) is 11.7. The second kappa shape index (κ2) is 10.5. The minimum atomic E-state index is -3.48. The predicted octanol–water partition coefficient (Wildman–Crippen LogP) is 0.477. The molecule has 0 aliphatic carbocycles. The fraction of sp³-hybridized carbons (Fsp3) is 0.650. The van der Waals surface area contributed by atoms with Gasteiger partial charge in [0.15, 0.2) is 0 Å². The van der Waals surface area contributed by atoms with E-state index in [1.54, 1.807) is 24.3 Å².